The summed E-state index contributed by atoms with van der Waals surface area (Å²) in [5, 5.41) is 4.99. The van der Waals surface area contributed by atoms with E-state index in [0.717, 1.165) is 11.6 Å². The second-order valence-corrected chi connectivity index (χ2v) is 8.73. The zero-order chi connectivity index (χ0) is 24.1. The van der Waals surface area contributed by atoms with Crippen molar-refractivity contribution in [2.45, 2.75) is 59.8 Å². The molecule has 7 heteroatoms. The van der Waals surface area contributed by atoms with Gasteiger partial charge in [-0.2, -0.15) is 5.10 Å². The van der Waals surface area contributed by atoms with E-state index in [-0.39, 0.29) is 5.41 Å². The van der Waals surface area contributed by atoms with Crippen LogP contribution in [-0.2, 0) is 26.2 Å². The molecule has 0 aliphatic heterocycles. The van der Waals surface area contributed by atoms with Crippen molar-refractivity contribution < 1.29 is 14.3 Å². The zero-order valence-electron chi connectivity index (χ0n) is 19.9. The molecule has 0 amide bonds. The lowest BCUT2D eigenvalue weighted by Gasteiger charge is -2.22. The lowest BCUT2D eigenvalue weighted by atomic mass is 9.86. The Hall–Kier alpha value is -2.86. The molecule has 2 rings (SSSR count). The Kier molecular flexibility index (Phi) is 8.44. The summed E-state index contributed by atoms with van der Waals surface area (Å²) in [4.78, 5) is 16.0. The first kappa shape index (κ1) is 25.4. The molecule has 0 saturated heterocycles. The van der Waals surface area contributed by atoms with E-state index in [1.165, 1.54) is 5.56 Å². The van der Waals surface area contributed by atoms with Crippen LogP contribution in [0, 0.1) is 6.92 Å². The number of hydrogen-bond donors (Lipinski definition) is 0. The van der Waals surface area contributed by atoms with Gasteiger partial charge in [-0.05, 0) is 30.4 Å². The molecule has 32 heavy (non-hydrogen) atoms. The summed E-state index contributed by atoms with van der Waals surface area (Å²) in [5.41, 5.74) is 4.09. The van der Waals surface area contributed by atoms with Gasteiger partial charge in [0.15, 0.2) is 5.76 Å². The Labute approximate surface area is 195 Å². The van der Waals surface area contributed by atoms with Crippen LogP contribution in [0.15, 0.2) is 41.9 Å². The minimum Gasteiger partial charge on any atom is -0.452 e. The summed E-state index contributed by atoms with van der Waals surface area (Å²) >= 11 is 6.65. The monoisotopic (exact) mass is 457 g/mol. The standard InChI is InChI=1S/C25H32ClN3O3/c1-9-21(30)31-17(4)32-24(23-22(26)16(3)28-29(23)10-2)20(15-27-8)18-11-13-19(14-12-18)25(5,6)7/h9,11-15,17H,1,10H2,2-8H3/b24-20-,27-15?. The number of allylic oxidation sites excluding steroid dienone is 1. The number of esters is 1. The maximum atomic E-state index is 11.7. The number of halogens is 1. The number of carbonyl (C=O) groups excluding carboxylic acids is 1. The summed E-state index contributed by atoms with van der Waals surface area (Å²) in [6.45, 7) is 16.0. The first-order chi connectivity index (χ1) is 15.0. The molecule has 1 aromatic heterocycles. The summed E-state index contributed by atoms with van der Waals surface area (Å²) in [7, 11) is 1.69. The van der Waals surface area contributed by atoms with Crippen LogP contribution in [0.1, 0.15) is 57.1 Å². The van der Waals surface area contributed by atoms with Crippen molar-refractivity contribution in [1.82, 2.24) is 9.78 Å². The van der Waals surface area contributed by atoms with E-state index in [1.54, 1.807) is 24.9 Å². The first-order valence-electron chi connectivity index (χ1n) is 10.5. The number of ether oxygens (including phenoxy) is 2. The van der Waals surface area contributed by atoms with E-state index < -0.39 is 12.3 Å². The van der Waals surface area contributed by atoms with Crippen LogP contribution in [0.2, 0.25) is 5.02 Å². The Morgan fingerprint density at radius 3 is 2.41 bits per heavy atom. The molecule has 0 bridgehead atoms. The fourth-order valence-electron chi connectivity index (χ4n) is 3.20. The van der Waals surface area contributed by atoms with E-state index in [1.807, 2.05) is 26.0 Å². The number of benzene rings is 1. The van der Waals surface area contributed by atoms with E-state index in [4.69, 9.17) is 21.1 Å². The van der Waals surface area contributed by atoms with Crippen LogP contribution in [0.4, 0.5) is 0 Å². The summed E-state index contributed by atoms with van der Waals surface area (Å²) in [6.07, 6.45) is 1.92. The molecule has 2 aromatic rings. The molecular formula is C25H32ClN3O3. The molecule has 0 radical (unpaired) electrons. The molecule has 0 saturated carbocycles. The molecule has 1 atom stereocenters. The maximum absolute atomic E-state index is 11.7. The van der Waals surface area contributed by atoms with E-state index in [9.17, 15) is 4.79 Å². The highest BCUT2D eigenvalue weighted by molar-refractivity contribution is 6.33. The lowest BCUT2D eigenvalue weighted by Crippen LogP contribution is -2.18. The van der Waals surface area contributed by atoms with Crippen LogP contribution in [0.25, 0.3) is 11.3 Å². The minimum atomic E-state index is -0.888. The highest BCUT2D eigenvalue weighted by atomic mass is 35.5. The van der Waals surface area contributed by atoms with E-state index in [0.29, 0.717) is 34.3 Å². The second kappa shape index (κ2) is 10.6. The van der Waals surface area contributed by atoms with Gasteiger partial charge < -0.3 is 9.47 Å². The average molecular weight is 458 g/mol. The number of hydrogen-bond acceptors (Lipinski definition) is 5. The van der Waals surface area contributed by atoms with E-state index >= 15 is 0 Å². The Morgan fingerprint density at radius 1 is 1.28 bits per heavy atom. The van der Waals surface area contributed by atoms with Crippen LogP contribution in [-0.4, -0.2) is 35.3 Å². The van der Waals surface area contributed by atoms with Crippen molar-refractivity contribution in [3.8, 4) is 0 Å². The van der Waals surface area contributed by atoms with Crippen LogP contribution in [0.3, 0.4) is 0 Å². The number of rotatable bonds is 8. The minimum absolute atomic E-state index is 0.0231. The fourth-order valence-corrected chi connectivity index (χ4v) is 3.42. The molecular weight excluding hydrogens is 426 g/mol. The van der Waals surface area contributed by atoms with Gasteiger partial charge in [-0.1, -0.05) is 63.2 Å². The molecule has 1 aromatic carbocycles. The third-order valence-corrected chi connectivity index (χ3v) is 5.32. The van der Waals surface area contributed by atoms with Gasteiger partial charge >= 0.3 is 5.97 Å². The Morgan fingerprint density at radius 2 is 1.91 bits per heavy atom. The number of carbonyl (C=O) groups is 1. The largest absolute Gasteiger partial charge is 0.452 e. The molecule has 6 nitrogen and oxygen atoms in total. The lowest BCUT2D eigenvalue weighted by molar-refractivity contribution is -0.157. The van der Waals surface area contributed by atoms with Crippen LogP contribution < -0.4 is 0 Å². The van der Waals surface area contributed by atoms with Crippen molar-refractivity contribution in [3.05, 3.63) is 64.5 Å². The summed E-state index contributed by atoms with van der Waals surface area (Å²) in [6, 6.07) is 8.22. The summed E-state index contributed by atoms with van der Waals surface area (Å²) in [5.74, 6) is -0.153. The number of aromatic nitrogens is 2. The maximum Gasteiger partial charge on any atom is 0.333 e. The number of aryl methyl sites for hydroxylation is 2. The van der Waals surface area contributed by atoms with Crippen molar-refractivity contribution in [1.29, 1.82) is 0 Å². The van der Waals surface area contributed by atoms with E-state index in [2.05, 4.69) is 49.6 Å². The van der Waals surface area contributed by atoms with Gasteiger partial charge in [0, 0.05) is 38.4 Å². The van der Waals surface area contributed by atoms with Crippen LogP contribution in [0.5, 0.6) is 0 Å². The summed E-state index contributed by atoms with van der Waals surface area (Å²) < 4.78 is 13.2. The number of aliphatic imine (C=N–C) groups is 1. The highest BCUT2D eigenvalue weighted by Gasteiger charge is 2.25. The Bertz CT molecular complexity index is 1030. The topological polar surface area (TPSA) is 65.7 Å². The first-order valence-corrected chi connectivity index (χ1v) is 10.9. The third-order valence-electron chi connectivity index (χ3n) is 4.87. The van der Waals surface area contributed by atoms with Crippen LogP contribution >= 0.6 is 11.6 Å². The number of nitrogens with zero attached hydrogens (tertiary/aromatic N) is 3. The molecule has 0 aliphatic carbocycles. The van der Waals surface area contributed by atoms with Gasteiger partial charge in [0.2, 0.25) is 6.29 Å². The molecule has 0 aliphatic rings. The molecule has 1 heterocycles. The smallest absolute Gasteiger partial charge is 0.333 e. The van der Waals surface area contributed by atoms with Crippen molar-refractivity contribution in [3.63, 3.8) is 0 Å². The molecule has 0 fully saturated rings. The van der Waals surface area contributed by atoms with Gasteiger partial charge in [-0.25, -0.2) is 4.79 Å². The average Bonchev–Trinajstić information content (AvgIpc) is 3.03. The highest BCUT2D eigenvalue weighted by Crippen LogP contribution is 2.35. The van der Waals surface area contributed by atoms with Gasteiger partial charge in [-0.3, -0.25) is 9.67 Å². The van der Waals surface area contributed by atoms with Gasteiger partial charge in [0.25, 0.3) is 0 Å². The van der Waals surface area contributed by atoms with Crippen molar-refractivity contribution >= 4 is 35.1 Å². The fraction of sp³-hybridized carbons (Fsp3) is 0.400. The normalized spacial score (nSPS) is 13.6. The van der Waals surface area contributed by atoms with Gasteiger partial charge in [-0.15, -0.1) is 0 Å². The SMILES string of the molecule is C=CC(=O)OC(C)O/C(=C(/C=NC)c1ccc(C(C)(C)C)cc1)c1c(Cl)c(C)nn1CC. The quantitative estimate of drug-likeness (QED) is 0.164. The predicted molar refractivity (Wildman–Crippen MR) is 131 cm³/mol. The van der Waals surface area contributed by atoms with Gasteiger partial charge in [0.1, 0.15) is 5.69 Å². The van der Waals surface area contributed by atoms with Crippen molar-refractivity contribution in [2.75, 3.05) is 7.05 Å². The Balaban J connectivity index is 2.74. The second-order valence-electron chi connectivity index (χ2n) is 8.35. The van der Waals surface area contributed by atoms with Crippen molar-refractivity contribution in [2.24, 2.45) is 4.99 Å². The molecule has 0 spiro atoms. The molecule has 172 valence electrons. The van der Waals surface area contributed by atoms with Gasteiger partial charge in [0.05, 0.1) is 10.7 Å². The molecule has 1 unspecified atom stereocenters. The molecule has 0 N–H and O–H groups in total. The predicted octanol–water partition coefficient (Wildman–Crippen LogP) is 5.82. The third kappa shape index (κ3) is 5.88. The zero-order valence-corrected chi connectivity index (χ0v) is 20.7.